The predicted octanol–water partition coefficient (Wildman–Crippen LogP) is 4.53. The molecule has 0 spiro atoms. The minimum absolute atomic E-state index is 0.0809. The van der Waals surface area contributed by atoms with Crippen LogP contribution in [-0.2, 0) is 29.0 Å². The van der Waals surface area contributed by atoms with Crippen LogP contribution in [0, 0.1) is 6.92 Å². The van der Waals surface area contributed by atoms with Crippen LogP contribution in [0.1, 0.15) is 44.0 Å². The third-order valence-electron chi connectivity index (χ3n) is 4.53. The number of hydrogen-bond acceptors (Lipinski definition) is 5. The van der Waals surface area contributed by atoms with Gasteiger partial charge in [0.2, 0.25) is 0 Å². The van der Waals surface area contributed by atoms with E-state index < -0.39 is 0 Å². The lowest BCUT2D eigenvalue weighted by Crippen LogP contribution is -2.22. The van der Waals surface area contributed by atoms with E-state index in [-0.39, 0.29) is 5.91 Å². The van der Waals surface area contributed by atoms with Gasteiger partial charge in [-0.15, -0.1) is 11.3 Å². The van der Waals surface area contributed by atoms with Crippen molar-refractivity contribution in [1.29, 1.82) is 0 Å². The minimum atomic E-state index is -0.0809. The number of nitrogens with zero attached hydrogens (tertiary/aromatic N) is 1. The average molecular weight is 425 g/mol. The van der Waals surface area contributed by atoms with Crippen LogP contribution >= 0.6 is 11.3 Å². The molecule has 0 fully saturated rings. The first-order valence-electron chi connectivity index (χ1n) is 10.2. The quantitative estimate of drug-likeness (QED) is 0.460. The molecular weight excluding hydrogens is 396 g/mol. The second kappa shape index (κ2) is 11.6. The summed E-state index contributed by atoms with van der Waals surface area (Å²) >= 11 is 1.46. The predicted molar refractivity (Wildman–Crippen MR) is 120 cm³/mol. The van der Waals surface area contributed by atoms with Gasteiger partial charge in [0.25, 0.3) is 5.91 Å². The second-order valence-corrected chi connectivity index (χ2v) is 8.02. The van der Waals surface area contributed by atoms with E-state index in [1.807, 2.05) is 50.2 Å². The van der Waals surface area contributed by atoms with Gasteiger partial charge in [-0.1, -0.05) is 54.6 Å². The standard InChI is InChI=1S/C24H28N2O3S/c1-3-28-12-13-29-17-21-11-7-10-20(14-21)16-25-24(27)23-18(2)26-22(30-23)15-19-8-5-4-6-9-19/h4-11,14H,3,12-13,15-17H2,1-2H3,(H,25,27). The lowest BCUT2D eigenvalue weighted by Gasteiger charge is -2.08. The van der Waals surface area contributed by atoms with E-state index in [4.69, 9.17) is 9.47 Å². The van der Waals surface area contributed by atoms with Crippen molar-refractivity contribution in [3.05, 3.63) is 86.9 Å². The van der Waals surface area contributed by atoms with Gasteiger partial charge in [-0.25, -0.2) is 4.98 Å². The number of aryl methyl sites for hydroxylation is 1. The molecule has 1 heterocycles. The van der Waals surface area contributed by atoms with Crippen molar-refractivity contribution in [1.82, 2.24) is 10.3 Å². The summed E-state index contributed by atoms with van der Waals surface area (Å²) in [5.74, 6) is -0.0809. The van der Waals surface area contributed by atoms with Gasteiger partial charge in [0.05, 0.1) is 30.5 Å². The molecule has 3 rings (SSSR count). The van der Waals surface area contributed by atoms with Crippen molar-refractivity contribution >= 4 is 17.2 Å². The smallest absolute Gasteiger partial charge is 0.263 e. The number of carbonyl (C=O) groups excluding carboxylic acids is 1. The van der Waals surface area contributed by atoms with Crippen LogP contribution in [0.25, 0.3) is 0 Å². The first-order chi connectivity index (χ1) is 14.7. The van der Waals surface area contributed by atoms with Gasteiger partial charge in [0, 0.05) is 19.6 Å². The molecule has 3 aromatic rings. The third kappa shape index (κ3) is 6.76. The second-order valence-electron chi connectivity index (χ2n) is 6.94. The van der Waals surface area contributed by atoms with Crippen molar-refractivity contribution in [2.45, 2.75) is 33.4 Å². The maximum atomic E-state index is 12.7. The molecule has 158 valence electrons. The van der Waals surface area contributed by atoms with Crippen LogP contribution in [0.2, 0.25) is 0 Å². The number of rotatable bonds is 11. The zero-order chi connectivity index (χ0) is 21.2. The summed E-state index contributed by atoms with van der Waals surface area (Å²) in [7, 11) is 0. The van der Waals surface area contributed by atoms with Gasteiger partial charge in [0.1, 0.15) is 4.88 Å². The Labute approximate surface area is 182 Å². The highest BCUT2D eigenvalue weighted by Gasteiger charge is 2.15. The van der Waals surface area contributed by atoms with Crippen molar-refractivity contribution in [2.75, 3.05) is 19.8 Å². The Morgan fingerprint density at radius 2 is 1.73 bits per heavy atom. The van der Waals surface area contributed by atoms with Crippen LogP contribution in [0.3, 0.4) is 0 Å². The molecular formula is C24H28N2O3S. The molecule has 30 heavy (non-hydrogen) atoms. The SMILES string of the molecule is CCOCCOCc1cccc(CNC(=O)c2sc(Cc3ccccc3)nc2C)c1. The molecule has 0 aliphatic rings. The fraction of sp³-hybridized carbons (Fsp3) is 0.333. The highest BCUT2D eigenvalue weighted by molar-refractivity contribution is 7.13. The number of amides is 1. The Balaban J connectivity index is 1.52. The van der Waals surface area contributed by atoms with E-state index >= 15 is 0 Å². The van der Waals surface area contributed by atoms with E-state index in [0.29, 0.717) is 37.8 Å². The van der Waals surface area contributed by atoms with Crippen molar-refractivity contribution in [3.63, 3.8) is 0 Å². The molecule has 0 bridgehead atoms. The number of aromatic nitrogens is 1. The molecule has 0 aliphatic carbocycles. The van der Waals surface area contributed by atoms with Gasteiger partial charge in [-0.3, -0.25) is 4.79 Å². The van der Waals surface area contributed by atoms with Crippen LogP contribution in [-0.4, -0.2) is 30.7 Å². The molecule has 0 aliphatic heterocycles. The lowest BCUT2D eigenvalue weighted by atomic mass is 10.1. The molecule has 1 amide bonds. The first-order valence-corrected chi connectivity index (χ1v) is 11.0. The van der Waals surface area contributed by atoms with E-state index in [2.05, 4.69) is 28.5 Å². The van der Waals surface area contributed by atoms with Gasteiger partial charge in [0.15, 0.2) is 0 Å². The van der Waals surface area contributed by atoms with Crippen molar-refractivity contribution < 1.29 is 14.3 Å². The highest BCUT2D eigenvalue weighted by Crippen LogP contribution is 2.21. The molecule has 2 aromatic carbocycles. The van der Waals surface area contributed by atoms with E-state index in [0.717, 1.165) is 28.2 Å². The Kier molecular flexibility index (Phi) is 8.56. The molecule has 1 aromatic heterocycles. The fourth-order valence-corrected chi connectivity index (χ4v) is 4.07. The van der Waals surface area contributed by atoms with Gasteiger partial charge >= 0.3 is 0 Å². The maximum absolute atomic E-state index is 12.7. The molecule has 6 heteroatoms. The summed E-state index contributed by atoms with van der Waals surface area (Å²) < 4.78 is 10.9. The van der Waals surface area contributed by atoms with E-state index in [1.165, 1.54) is 16.9 Å². The van der Waals surface area contributed by atoms with Crippen LogP contribution in [0.4, 0.5) is 0 Å². The molecule has 5 nitrogen and oxygen atoms in total. The molecule has 0 saturated carbocycles. The highest BCUT2D eigenvalue weighted by atomic mass is 32.1. The lowest BCUT2D eigenvalue weighted by molar-refractivity contribution is 0.0453. The van der Waals surface area contributed by atoms with Crippen LogP contribution in [0.5, 0.6) is 0 Å². The zero-order valence-corrected chi connectivity index (χ0v) is 18.3. The number of ether oxygens (including phenoxy) is 2. The number of benzene rings is 2. The topological polar surface area (TPSA) is 60.5 Å². The summed E-state index contributed by atoms with van der Waals surface area (Å²) in [4.78, 5) is 17.9. The maximum Gasteiger partial charge on any atom is 0.263 e. The Morgan fingerprint density at radius 3 is 2.53 bits per heavy atom. The van der Waals surface area contributed by atoms with Gasteiger partial charge in [-0.05, 0) is 30.5 Å². The van der Waals surface area contributed by atoms with Crippen LogP contribution < -0.4 is 5.32 Å². The Hall–Kier alpha value is -2.54. The summed E-state index contributed by atoms with van der Waals surface area (Å²) in [6, 6.07) is 18.2. The van der Waals surface area contributed by atoms with Crippen molar-refractivity contribution in [3.8, 4) is 0 Å². The largest absolute Gasteiger partial charge is 0.379 e. The minimum Gasteiger partial charge on any atom is -0.379 e. The summed E-state index contributed by atoms with van der Waals surface area (Å²) in [5, 5.41) is 3.97. The van der Waals surface area contributed by atoms with E-state index in [9.17, 15) is 4.79 Å². The molecule has 0 atom stereocenters. The van der Waals surface area contributed by atoms with Gasteiger partial charge in [-0.2, -0.15) is 0 Å². The first kappa shape index (κ1) is 22.2. The van der Waals surface area contributed by atoms with Crippen LogP contribution in [0.15, 0.2) is 54.6 Å². The summed E-state index contributed by atoms with van der Waals surface area (Å²) in [6.07, 6.45) is 0.741. The molecule has 0 saturated heterocycles. The summed E-state index contributed by atoms with van der Waals surface area (Å²) in [6.45, 7) is 6.74. The summed E-state index contributed by atoms with van der Waals surface area (Å²) in [5.41, 5.74) is 4.09. The normalized spacial score (nSPS) is 10.9. The monoisotopic (exact) mass is 424 g/mol. The number of hydrogen-bond donors (Lipinski definition) is 1. The Morgan fingerprint density at radius 1 is 1.00 bits per heavy atom. The number of nitrogens with one attached hydrogen (secondary N) is 1. The molecule has 1 N–H and O–H groups in total. The van der Waals surface area contributed by atoms with Gasteiger partial charge < -0.3 is 14.8 Å². The number of carbonyl (C=O) groups is 1. The number of thiazole rings is 1. The molecule has 0 radical (unpaired) electrons. The zero-order valence-electron chi connectivity index (χ0n) is 17.5. The third-order valence-corrected chi connectivity index (χ3v) is 5.69. The van der Waals surface area contributed by atoms with Crippen molar-refractivity contribution in [2.24, 2.45) is 0 Å². The molecule has 0 unspecified atom stereocenters. The Bertz CT molecular complexity index is 941. The van der Waals surface area contributed by atoms with E-state index in [1.54, 1.807) is 0 Å². The fourth-order valence-electron chi connectivity index (χ4n) is 3.05. The average Bonchev–Trinajstić information content (AvgIpc) is 3.13.